The van der Waals surface area contributed by atoms with Crippen LogP contribution in [-0.4, -0.2) is 38.5 Å². The standard InChI is InChI=1S/C13H15IN5/c1-14-7-8-9(15-2)11(17-4)13(19-6)12(18-5)10(8)16-3/h2-7H2,1H3/q-1. The second-order valence-electron chi connectivity index (χ2n) is 3.41. The Hall–Kier alpha value is -1.70. The van der Waals surface area contributed by atoms with Crippen molar-refractivity contribution in [3.8, 4) is 0 Å². The van der Waals surface area contributed by atoms with Crippen LogP contribution in [0.25, 0.3) is 0 Å². The third-order valence-corrected chi connectivity index (χ3v) is 4.05. The van der Waals surface area contributed by atoms with Gasteiger partial charge in [-0.2, -0.15) is 0 Å². The second-order valence-corrected chi connectivity index (χ2v) is 5.70. The van der Waals surface area contributed by atoms with E-state index in [2.05, 4.69) is 63.5 Å². The molecular weight excluding hydrogens is 353 g/mol. The predicted molar refractivity (Wildman–Crippen MR) is 82.1 cm³/mol. The Morgan fingerprint density at radius 2 is 1.00 bits per heavy atom. The number of halogens is 1. The van der Waals surface area contributed by atoms with Crippen molar-refractivity contribution in [3.63, 3.8) is 0 Å². The molecule has 19 heavy (non-hydrogen) atoms. The summed E-state index contributed by atoms with van der Waals surface area (Å²) in [6, 6.07) is 0. The molecule has 0 unspecified atom stereocenters. The first-order valence-electron chi connectivity index (χ1n) is 5.20. The molecule has 0 spiro atoms. The molecule has 0 N–H and O–H groups in total. The van der Waals surface area contributed by atoms with Gasteiger partial charge in [0.15, 0.2) is 0 Å². The van der Waals surface area contributed by atoms with Crippen LogP contribution in [-0.2, 0) is 4.43 Å². The van der Waals surface area contributed by atoms with E-state index >= 15 is 0 Å². The fourth-order valence-electron chi connectivity index (χ4n) is 1.78. The number of hydrogen-bond donors (Lipinski definition) is 0. The van der Waals surface area contributed by atoms with Gasteiger partial charge in [0.25, 0.3) is 0 Å². The minimum atomic E-state index is -0.0135. The van der Waals surface area contributed by atoms with Gasteiger partial charge in [0.2, 0.25) is 0 Å². The molecule has 6 heteroatoms. The second kappa shape index (κ2) is 7.03. The summed E-state index contributed by atoms with van der Waals surface area (Å²) in [7, 11) is 0. The molecule has 0 aromatic heterocycles. The summed E-state index contributed by atoms with van der Waals surface area (Å²) in [5.41, 5.74) is 3.70. The van der Waals surface area contributed by atoms with Crippen molar-refractivity contribution in [3.05, 3.63) is 5.56 Å². The van der Waals surface area contributed by atoms with Gasteiger partial charge in [0.05, 0.1) is 0 Å². The number of rotatable bonds is 7. The van der Waals surface area contributed by atoms with Gasteiger partial charge < -0.3 is 0 Å². The topological polar surface area (TPSA) is 61.8 Å². The van der Waals surface area contributed by atoms with Gasteiger partial charge in [0, 0.05) is 0 Å². The fraction of sp³-hybridized carbons (Fsp3) is 0.154. The Labute approximate surface area is 123 Å². The van der Waals surface area contributed by atoms with E-state index in [1.165, 1.54) is 0 Å². The molecule has 0 radical (unpaired) electrons. The Morgan fingerprint density at radius 3 is 1.26 bits per heavy atom. The molecule has 0 saturated heterocycles. The first-order chi connectivity index (χ1) is 9.19. The molecule has 0 amide bonds. The zero-order chi connectivity index (χ0) is 14.4. The van der Waals surface area contributed by atoms with Crippen molar-refractivity contribution in [2.75, 3.05) is 4.93 Å². The van der Waals surface area contributed by atoms with Gasteiger partial charge in [-0.1, -0.05) is 0 Å². The van der Waals surface area contributed by atoms with Crippen LogP contribution in [0, 0.1) is 0 Å². The summed E-state index contributed by atoms with van der Waals surface area (Å²) in [6.45, 7) is 17.8. The van der Waals surface area contributed by atoms with Crippen LogP contribution in [0.1, 0.15) is 5.56 Å². The molecule has 1 rings (SSSR count). The van der Waals surface area contributed by atoms with Gasteiger partial charge in [0.1, 0.15) is 0 Å². The van der Waals surface area contributed by atoms with Crippen molar-refractivity contribution in [2.45, 2.75) is 4.43 Å². The molecule has 0 heterocycles. The quantitative estimate of drug-likeness (QED) is 0.384. The van der Waals surface area contributed by atoms with Crippen LogP contribution >= 0.6 is 0 Å². The summed E-state index contributed by atoms with van der Waals surface area (Å²) in [5, 5.41) is 0. The van der Waals surface area contributed by atoms with Gasteiger partial charge in [-0.25, -0.2) is 0 Å². The minimum absolute atomic E-state index is 0.0135. The average Bonchev–Trinajstić information content (AvgIpc) is 2.45. The summed E-state index contributed by atoms with van der Waals surface area (Å²) in [5.74, 6) is 0. The Morgan fingerprint density at radius 1 is 0.684 bits per heavy atom. The molecule has 5 nitrogen and oxygen atoms in total. The molecule has 100 valence electrons. The maximum absolute atomic E-state index is 4.05. The van der Waals surface area contributed by atoms with Crippen LogP contribution in [0.3, 0.4) is 0 Å². The fourth-order valence-corrected chi connectivity index (χ4v) is 3.27. The van der Waals surface area contributed by atoms with Gasteiger partial charge in [-0.3, -0.25) is 0 Å². The summed E-state index contributed by atoms with van der Waals surface area (Å²) in [4.78, 5) is 22.2. The number of hydrogen-bond acceptors (Lipinski definition) is 5. The molecule has 0 aliphatic rings. The van der Waals surface area contributed by atoms with Gasteiger partial charge >= 0.3 is 123 Å². The zero-order valence-electron chi connectivity index (χ0n) is 10.9. The van der Waals surface area contributed by atoms with Crippen molar-refractivity contribution in [1.82, 2.24) is 0 Å². The molecule has 0 atom stereocenters. The first kappa shape index (κ1) is 15.4. The maximum atomic E-state index is 4.05. The molecule has 0 saturated carbocycles. The monoisotopic (exact) mass is 368 g/mol. The van der Waals surface area contributed by atoms with Gasteiger partial charge in [-0.05, 0) is 0 Å². The molecule has 0 aliphatic carbocycles. The van der Waals surface area contributed by atoms with Crippen LogP contribution in [0.15, 0.2) is 25.0 Å². The first-order valence-corrected chi connectivity index (χ1v) is 8.88. The van der Waals surface area contributed by atoms with E-state index in [9.17, 15) is 0 Å². The molecular formula is C13H15IN5-. The van der Waals surface area contributed by atoms with Crippen molar-refractivity contribution >= 4 is 62.0 Å². The van der Waals surface area contributed by atoms with E-state index in [4.69, 9.17) is 0 Å². The van der Waals surface area contributed by atoms with Crippen molar-refractivity contribution in [1.29, 1.82) is 0 Å². The molecule has 0 aliphatic heterocycles. The van der Waals surface area contributed by atoms with Crippen LogP contribution in [0.5, 0.6) is 0 Å². The number of alkyl halides is 2. The van der Waals surface area contributed by atoms with E-state index in [-0.39, 0.29) is 21.2 Å². The number of aliphatic imine (C=N–C) groups is 5. The van der Waals surface area contributed by atoms with E-state index in [0.29, 0.717) is 28.4 Å². The number of benzene rings is 1. The summed E-state index contributed by atoms with van der Waals surface area (Å²) >= 11 is -0.0135. The van der Waals surface area contributed by atoms with E-state index in [1.54, 1.807) is 0 Å². The Kier molecular flexibility index (Phi) is 5.68. The number of nitrogens with zero attached hydrogens (tertiary/aromatic N) is 5. The third-order valence-electron chi connectivity index (χ3n) is 2.53. The van der Waals surface area contributed by atoms with Crippen molar-refractivity contribution in [2.24, 2.45) is 25.0 Å². The molecule has 1 aromatic carbocycles. The van der Waals surface area contributed by atoms with E-state index in [1.807, 2.05) is 0 Å². The Balaban J connectivity index is 3.95. The summed E-state index contributed by atoms with van der Waals surface area (Å²) in [6.07, 6.45) is 0. The van der Waals surface area contributed by atoms with Crippen LogP contribution < -0.4 is 21.2 Å². The van der Waals surface area contributed by atoms with Crippen molar-refractivity contribution < 1.29 is 21.2 Å². The third kappa shape index (κ3) is 2.67. The normalized spacial score (nSPS) is 9.95. The van der Waals surface area contributed by atoms with E-state index in [0.717, 1.165) is 9.99 Å². The van der Waals surface area contributed by atoms with Crippen LogP contribution in [0.4, 0.5) is 28.4 Å². The predicted octanol–water partition coefficient (Wildman–Crippen LogP) is 0.566. The zero-order valence-corrected chi connectivity index (χ0v) is 13.0. The molecule has 1 aromatic rings. The van der Waals surface area contributed by atoms with Gasteiger partial charge in [-0.15, -0.1) is 0 Å². The summed E-state index contributed by atoms with van der Waals surface area (Å²) < 4.78 is 0.865. The average molecular weight is 368 g/mol. The Bertz CT molecular complexity index is 522. The SMILES string of the molecule is C=Nc1c(C[I-]C)c(N=C)c(N=C)c(N=C)c1N=C. The molecule has 0 bridgehead atoms. The molecule has 0 fully saturated rings. The van der Waals surface area contributed by atoms with Crippen LogP contribution in [0.2, 0.25) is 0 Å². The van der Waals surface area contributed by atoms with E-state index < -0.39 is 0 Å².